The maximum atomic E-state index is 11.8. The lowest BCUT2D eigenvalue weighted by Gasteiger charge is -2.08. The first kappa shape index (κ1) is 20.4. The topological polar surface area (TPSA) is 99.9 Å². The highest BCUT2D eigenvalue weighted by Gasteiger charge is 2.11. The van der Waals surface area contributed by atoms with Gasteiger partial charge >= 0.3 is 5.97 Å². The molecule has 0 fully saturated rings. The number of hydrogen-bond acceptors (Lipinski definition) is 7. The van der Waals surface area contributed by atoms with Crippen molar-refractivity contribution in [1.29, 1.82) is 0 Å². The Morgan fingerprint density at radius 3 is 2.56 bits per heavy atom. The van der Waals surface area contributed by atoms with Crippen molar-refractivity contribution in [2.75, 3.05) is 26.9 Å². The van der Waals surface area contributed by atoms with Crippen LogP contribution in [0, 0.1) is 13.8 Å². The summed E-state index contributed by atoms with van der Waals surface area (Å²) in [4.78, 5) is 23.3. The summed E-state index contributed by atoms with van der Waals surface area (Å²) in [6.45, 7) is 4.54. The molecule has 0 aliphatic carbocycles. The molecular formula is C19H24N2O6. The summed E-state index contributed by atoms with van der Waals surface area (Å²) in [5, 5.41) is 6.46. The Balaban J connectivity index is 1.74. The molecule has 1 aromatic carbocycles. The SMILES string of the molecule is COCCNC(=O)COC(=O)Cc1ccc(OCc2c(C)noc2C)cc1. The van der Waals surface area contributed by atoms with Crippen LogP contribution in [0.5, 0.6) is 5.75 Å². The lowest BCUT2D eigenvalue weighted by atomic mass is 10.1. The highest BCUT2D eigenvalue weighted by atomic mass is 16.5. The second-order valence-corrected chi connectivity index (χ2v) is 5.92. The third kappa shape index (κ3) is 6.74. The van der Waals surface area contributed by atoms with E-state index in [4.69, 9.17) is 18.7 Å². The molecule has 0 saturated carbocycles. The second-order valence-electron chi connectivity index (χ2n) is 5.92. The average molecular weight is 376 g/mol. The van der Waals surface area contributed by atoms with Crippen LogP contribution in [0.15, 0.2) is 28.8 Å². The molecular weight excluding hydrogens is 352 g/mol. The predicted octanol–water partition coefficient (Wildman–Crippen LogP) is 1.72. The first-order valence-electron chi connectivity index (χ1n) is 8.54. The number of nitrogens with one attached hydrogen (secondary N) is 1. The van der Waals surface area contributed by atoms with Crippen LogP contribution in [-0.4, -0.2) is 43.9 Å². The van der Waals surface area contributed by atoms with Gasteiger partial charge in [0.25, 0.3) is 5.91 Å². The fraction of sp³-hybridized carbons (Fsp3) is 0.421. The first-order chi connectivity index (χ1) is 13.0. The second kappa shape index (κ2) is 10.3. The Hall–Kier alpha value is -2.87. The molecule has 1 amide bonds. The van der Waals surface area contributed by atoms with E-state index < -0.39 is 5.97 Å². The van der Waals surface area contributed by atoms with Crippen LogP contribution in [0.25, 0.3) is 0 Å². The van der Waals surface area contributed by atoms with Gasteiger partial charge in [-0.05, 0) is 31.5 Å². The number of nitrogens with zero attached hydrogens (tertiary/aromatic N) is 1. The highest BCUT2D eigenvalue weighted by Crippen LogP contribution is 2.18. The summed E-state index contributed by atoms with van der Waals surface area (Å²) < 4.78 is 20.6. The molecule has 8 heteroatoms. The van der Waals surface area contributed by atoms with E-state index in [2.05, 4.69) is 10.5 Å². The molecule has 0 radical (unpaired) electrons. The molecule has 0 bridgehead atoms. The fourth-order valence-corrected chi connectivity index (χ4v) is 2.27. The van der Waals surface area contributed by atoms with E-state index in [9.17, 15) is 9.59 Å². The normalized spacial score (nSPS) is 10.5. The number of esters is 1. The van der Waals surface area contributed by atoms with E-state index in [1.165, 1.54) is 0 Å². The molecule has 1 aromatic heterocycles. The largest absolute Gasteiger partial charge is 0.489 e. The third-order valence-corrected chi connectivity index (χ3v) is 3.83. The van der Waals surface area contributed by atoms with Crippen molar-refractivity contribution in [3.05, 3.63) is 46.8 Å². The van der Waals surface area contributed by atoms with Crippen molar-refractivity contribution < 1.29 is 28.3 Å². The lowest BCUT2D eigenvalue weighted by Crippen LogP contribution is -2.31. The molecule has 0 unspecified atom stereocenters. The molecule has 0 aliphatic rings. The number of hydrogen-bond donors (Lipinski definition) is 1. The van der Waals surface area contributed by atoms with Crippen LogP contribution in [0.3, 0.4) is 0 Å². The van der Waals surface area contributed by atoms with E-state index in [0.717, 1.165) is 22.6 Å². The Morgan fingerprint density at radius 1 is 1.19 bits per heavy atom. The number of benzene rings is 1. The number of aromatic nitrogens is 1. The summed E-state index contributed by atoms with van der Waals surface area (Å²) in [6.07, 6.45) is 0.0789. The molecule has 1 N–H and O–H groups in total. The van der Waals surface area contributed by atoms with Crippen molar-refractivity contribution in [2.45, 2.75) is 26.9 Å². The van der Waals surface area contributed by atoms with Crippen LogP contribution >= 0.6 is 0 Å². The zero-order valence-electron chi connectivity index (χ0n) is 15.7. The maximum absolute atomic E-state index is 11.8. The molecule has 146 valence electrons. The Bertz CT molecular complexity index is 735. The molecule has 8 nitrogen and oxygen atoms in total. The molecule has 1 heterocycles. The van der Waals surface area contributed by atoms with E-state index >= 15 is 0 Å². The van der Waals surface area contributed by atoms with Crippen LogP contribution in [0.2, 0.25) is 0 Å². The van der Waals surface area contributed by atoms with Gasteiger partial charge in [0.05, 0.1) is 24.3 Å². The van der Waals surface area contributed by atoms with Gasteiger partial charge in [0.15, 0.2) is 6.61 Å². The van der Waals surface area contributed by atoms with Gasteiger partial charge in [-0.15, -0.1) is 0 Å². The minimum absolute atomic E-state index is 0.0789. The van der Waals surface area contributed by atoms with E-state index in [1.807, 2.05) is 13.8 Å². The summed E-state index contributed by atoms with van der Waals surface area (Å²) >= 11 is 0. The van der Waals surface area contributed by atoms with E-state index in [0.29, 0.717) is 25.5 Å². The van der Waals surface area contributed by atoms with E-state index in [1.54, 1.807) is 31.4 Å². The van der Waals surface area contributed by atoms with Crippen molar-refractivity contribution >= 4 is 11.9 Å². The summed E-state index contributed by atoms with van der Waals surface area (Å²) in [7, 11) is 1.54. The zero-order chi connectivity index (χ0) is 19.6. The highest BCUT2D eigenvalue weighted by molar-refractivity contribution is 5.81. The Labute approximate surface area is 157 Å². The quantitative estimate of drug-likeness (QED) is 0.498. The molecule has 2 rings (SSSR count). The van der Waals surface area contributed by atoms with Crippen LogP contribution in [0.4, 0.5) is 0 Å². The van der Waals surface area contributed by atoms with Gasteiger partial charge < -0.3 is 24.1 Å². The monoisotopic (exact) mass is 376 g/mol. The Morgan fingerprint density at radius 2 is 1.93 bits per heavy atom. The minimum Gasteiger partial charge on any atom is -0.489 e. The molecule has 27 heavy (non-hydrogen) atoms. The molecule has 2 aromatic rings. The Kier molecular flexibility index (Phi) is 7.81. The summed E-state index contributed by atoms with van der Waals surface area (Å²) in [5.41, 5.74) is 2.49. The minimum atomic E-state index is -0.471. The lowest BCUT2D eigenvalue weighted by molar-refractivity contribution is -0.147. The first-order valence-corrected chi connectivity index (χ1v) is 8.54. The summed E-state index contributed by atoms with van der Waals surface area (Å²) in [6, 6.07) is 7.11. The third-order valence-electron chi connectivity index (χ3n) is 3.83. The number of rotatable bonds is 10. The number of aryl methyl sites for hydroxylation is 2. The molecule has 0 aliphatic heterocycles. The number of amides is 1. The summed E-state index contributed by atoms with van der Waals surface area (Å²) in [5.74, 6) is 0.576. The number of ether oxygens (including phenoxy) is 3. The van der Waals surface area contributed by atoms with Crippen molar-refractivity contribution in [2.24, 2.45) is 0 Å². The molecule has 0 atom stereocenters. The maximum Gasteiger partial charge on any atom is 0.310 e. The fourth-order valence-electron chi connectivity index (χ4n) is 2.27. The molecule has 0 saturated heterocycles. The van der Waals surface area contributed by atoms with E-state index in [-0.39, 0.29) is 18.9 Å². The standard InChI is InChI=1S/C19H24N2O6/c1-13-17(14(2)27-21-13)11-25-16-6-4-15(5-7-16)10-19(23)26-12-18(22)20-8-9-24-3/h4-7H,8-12H2,1-3H3,(H,20,22). The van der Waals surface area contributed by atoms with Gasteiger partial charge in [-0.25, -0.2) is 0 Å². The van der Waals surface area contributed by atoms with Gasteiger partial charge in [-0.3, -0.25) is 9.59 Å². The van der Waals surface area contributed by atoms with Crippen LogP contribution < -0.4 is 10.1 Å². The smallest absolute Gasteiger partial charge is 0.310 e. The average Bonchev–Trinajstić information content (AvgIpc) is 2.97. The number of carbonyl (C=O) groups is 2. The predicted molar refractivity (Wildman–Crippen MR) is 96.3 cm³/mol. The van der Waals surface area contributed by atoms with Gasteiger partial charge in [0, 0.05) is 13.7 Å². The number of methoxy groups -OCH3 is 1. The van der Waals surface area contributed by atoms with Gasteiger partial charge in [0.1, 0.15) is 18.1 Å². The van der Waals surface area contributed by atoms with Crippen LogP contribution in [-0.2, 0) is 32.1 Å². The van der Waals surface area contributed by atoms with Gasteiger partial charge in [-0.2, -0.15) is 0 Å². The van der Waals surface area contributed by atoms with Crippen molar-refractivity contribution in [3.63, 3.8) is 0 Å². The number of carbonyl (C=O) groups excluding carboxylic acids is 2. The van der Waals surface area contributed by atoms with Crippen LogP contribution in [0.1, 0.15) is 22.6 Å². The van der Waals surface area contributed by atoms with Gasteiger partial charge in [-0.1, -0.05) is 17.3 Å². The van der Waals surface area contributed by atoms with Crippen molar-refractivity contribution in [3.8, 4) is 5.75 Å². The zero-order valence-corrected chi connectivity index (χ0v) is 15.7. The van der Waals surface area contributed by atoms with Crippen molar-refractivity contribution in [1.82, 2.24) is 10.5 Å². The molecule has 0 spiro atoms. The van der Waals surface area contributed by atoms with Gasteiger partial charge in [0.2, 0.25) is 0 Å².